The number of anilines is 2. The molecule has 1 amide bonds. The summed E-state index contributed by atoms with van der Waals surface area (Å²) < 4.78 is 0. The third-order valence-corrected chi connectivity index (χ3v) is 3.99. The Morgan fingerprint density at radius 1 is 1.50 bits per heavy atom. The molecule has 1 fully saturated rings. The molecule has 1 aliphatic rings. The number of amides is 1. The molecule has 0 bridgehead atoms. The fourth-order valence-corrected chi connectivity index (χ4v) is 2.36. The summed E-state index contributed by atoms with van der Waals surface area (Å²) in [5, 5.41) is 6.24. The van der Waals surface area contributed by atoms with Crippen LogP contribution in [0.4, 0.5) is 11.6 Å². The maximum atomic E-state index is 11.7. The van der Waals surface area contributed by atoms with E-state index < -0.39 is 5.91 Å². The second-order valence-electron chi connectivity index (χ2n) is 6.47. The molecule has 9 heteroatoms. The lowest BCUT2D eigenvalue weighted by Crippen LogP contribution is -2.38. The van der Waals surface area contributed by atoms with Crippen molar-refractivity contribution in [2.75, 3.05) is 10.6 Å². The lowest BCUT2D eigenvalue weighted by molar-refractivity contribution is 0.0996. The molecule has 1 aromatic heterocycles. The van der Waals surface area contributed by atoms with E-state index >= 15 is 0 Å². The van der Waals surface area contributed by atoms with Crippen LogP contribution in [0.15, 0.2) is 23.1 Å². The lowest BCUT2D eigenvalue weighted by Gasteiger charge is -2.22. The molecule has 2 rings (SSSR count). The molecule has 0 spiro atoms. The van der Waals surface area contributed by atoms with Gasteiger partial charge in [0, 0.05) is 24.5 Å². The normalized spacial score (nSPS) is 17.1. The summed E-state index contributed by atoms with van der Waals surface area (Å²) in [6, 6.07) is 0.332. The van der Waals surface area contributed by atoms with Crippen molar-refractivity contribution in [3.05, 3.63) is 23.8 Å². The molecule has 8 N–H and O–H groups in total. The highest BCUT2D eigenvalue weighted by Gasteiger charge is 2.20. The molecule has 1 saturated carbocycles. The van der Waals surface area contributed by atoms with E-state index in [1.54, 1.807) is 6.21 Å². The summed E-state index contributed by atoms with van der Waals surface area (Å²) in [6.45, 7) is 4.02. The SMILES string of the molecule is CCC[C@@H](Nc1cnc(C(N)=O)c(NC(C=NC2CC2)=CN)n1)[C@H](C)N. The van der Waals surface area contributed by atoms with Crippen molar-refractivity contribution in [3.8, 4) is 0 Å². The van der Waals surface area contributed by atoms with Crippen LogP contribution in [-0.4, -0.2) is 40.2 Å². The van der Waals surface area contributed by atoms with E-state index in [1.807, 2.05) is 6.92 Å². The second-order valence-corrected chi connectivity index (χ2v) is 6.47. The van der Waals surface area contributed by atoms with Gasteiger partial charge in [0.05, 0.1) is 17.9 Å². The van der Waals surface area contributed by atoms with Crippen LogP contribution in [0.2, 0.25) is 0 Å². The third-order valence-electron chi connectivity index (χ3n) is 3.99. The highest BCUT2D eigenvalue weighted by molar-refractivity contribution is 5.97. The van der Waals surface area contributed by atoms with Crippen molar-refractivity contribution in [2.24, 2.45) is 22.2 Å². The van der Waals surface area contributed by atoms with E-state index in [0.717, 1.165) is 25.7 Å². The molecule has 0 aromatic carbocycles. The van der Waals surface area contributed by atoms with E-state index in [2.05, 4.69) is 32.5 Å². The van der Waals surface area contributed by atoms with Crippen LogP contribution in [0.3, 0.4) is 0 Å². The van der Waals surface area contributed by atoms with Crippen molar-refractivity contribution in [1.82, 2.24) is 9.97 Å². The third kappa shape index (κ3) is 5.69. The Labute approximate surface area is 153 Å². The number of primary amides is 1. The monoisotopic (exact) mass is 360 g/mol. The molecule has 0 saturated heterocycles. The second kappa shape index (κ2) is 9.14. The van der Waals surface area contributed by atoms with Gasteiger partial charge in [0.15, 0.2) is 11.5 Å². The highest BCUT2D eigenvalue weighted by Crippen LogP contribution is 2.23. The van der Waals surface area contributed by atoms with Crippen LogP contribution in [0.5, 0.6) is 0 Å². The number of allylic oxidation sites excluding steroid dienone is 1. The van der Waals surface area contributed by atoms with Gasteiger partial charge in [0.1, 0.15) is 5.82 Å². The van der Waals surface area contributed by atoms with Gasteiger partial charge in [-0.05, 0) is 26.2 Å². The predicted molar refractivity (Wildman–Crippen MR) is 104 cm³/mol. The van der Waals surface area contributed by atoms with Gasteiger partial charge in [-0.25, -0.2) is 9.97 Å². The first kappa shape index (κ1) is 19.6. The first-order chi connectivity index (χ1) is 12.4. The summed E-state index contributed by atoms with van der Waals surface area (Å²) in [5.41, 5.74) is 17.6. The molecule has 9 nitrogen and oxygen atoms in total. The van der Waals surface area contributed by atoms with Crippen molar-refractivity contribution in [1.29, 1.82) is 0 Å². The molecule has 0 radical (unpaired) electrons. The zero-order valence-electron chi connectivity index (χ0n) is 15.3. The van der Waals surface area contributed by atoms with Gasteiger partial charge < -0.3 is 27.8 Å². The fourth-order valence-electron chi connectivity index (χ4n) is 2.36. The molecule has 2 atom stereocenters. The van der Waals surface area contributed by atoms with Gasteiger partial charge in [-0.3, -0.25) is 9.79 Å². The Morgan fingerprint density at radius 2 is 2.23 bits per heavy atom. The lowest BCUT2D eigenvalue weighted by atomic mass is 10.1. The maximum Gasteiger partial charge on any atom is 0.271 e. The largest absolute Gasteiger partial charge is 0.403 e. The van der Waals surface area contributed by atoms with Crippen LogP contribution in [0, 0.1) is 0 Å². The summed E-state index contributed by atoms with van der Waals surface area (Å²) in [4.78, 5) is 24.6. The Kier molecular flexibility index (Phi) is 6.90. The van der Waals surface area contributed by atoms with E-state index in [-0.39, 0.29) is 23.6 Å². The Morgan fingerprint density at radius 3 is 2.77 bits per heavy atom. The molecule has 26 heavy (non-hydrogen) atoms. The topological polar surface area (TPSA) is 157 Å². The minimum absolute atomic E-state index is 0.0301. The smallest absolute Gasteiger partial charge is 0.271 e. The van der Waals surface area contributed by atoms with Crippen molar-refractivity contribution >= 4 is 23.8 Å². The Balaban J connectivity index is 2.22. The van der Waals surface area contributed by atoms with Crippen LogP contribution >= 0.6 is 0 Å². The predicted octanol–water partition coefficient (Wildman–Crippen LogP) is 0.949. The minimum atomic E-state index is -0.681. The average Bonchev–Trinajstić information content (AvgIpc) is 3.42. The van der Waals surface area contributed by atoms with Crippen molar-refractivity contribution < 1.29 is 4.79 Å². The molecule has 1 aliphatic carbocycles. The van der Waals surface area contributed by atoms with E-state index in [1.165, 1.54) is 12.4 Å². The molecular weight excluding hydrogens is 332 g/mol. The summed E-state index contributed by atoms with van der Waals surface area (Å²) in [5.74, 6) is 0.0458. The molecular formula is C17H28N8O. The molecule has 0 unspecified atom stereocenters. The van der Waals surface area contributed by atoms with Crippen molar-refractivity contribution in [2.45, 2.75) is 57.7 Å². The van der Waals surface area contributed by atoms with E-state index in [9.17, 15) is 4.79 Å². The number of aromatic nitrogens is 2. The first-order valence-corrected chi connectivity index (χ1v) is 8.85. The first-order valence-electron chi connectivity index (χ1n) is 8.85. The average molecular weight is 360 g/mol. The van der Waals surface area contributed by atoms with Gasteiger partial charge in [0.2, 0.25) is 0 Å². The summed E-state index contributed by atoms with van der Waals surface area (Å²) in [6.07, 6.45) is 8.50. The minimum Gasteiger partial charge on any atom is -0.403 e. The van der Waals surface area contributed by atoms with Gasteiger partial charge in [0.25, 0.3) is 5.91 Å². The molecule has 0 aliphatic heterocycles. The number of carbonyl (C=O) groups is 1. The van der Waals surface area contributed by atoms with Crippen LogP contribution in [0.1, 0.15) is 50.0 Å². The zero-order valence-corrected chi connectivity index (χ0v) is 15.3. The molecule has 1 aromatic rings. The van der Waals surface area contributed by atoms with Crippen LogP contribution in [-0.2, 0) is 0 Å². The van der Waals surface area contributed by atoms with Crippen molar-refractivity contribution in [3.63, 3.8) is 0 Å². The summed E-state index contributed by atoms with van der Waals surface area (Å²) >= 11 is 0. The zero-order chi connectivity index (χ0) is 19.1. The molecule has 142 valence electrons. The Bertz CT molecular complexity index is 681. The fraction of sp³-hybridized carbons (Fsp3) is 0.529. The number of rotatable bonds is 10. The van der Waals surface area contributed by atoms with Crippen LogP contribution in [0.25, 0.3) is 0 Å². The van der Waals surface area contributed by atoms with Gasteiger partial charge >= 0.3 is 0 Å². The number of nitrogens with one attached hydrogen (secondary N) is 2. The van der Waals surface area contributed by atoms with Gasteiger partial charge in [-0.2, -0.15) is 0 Å². The van der Waals surface area contributed by atoms with E-state index in [0.29, 0.717) is 17.6 Å². The number of hydrogen-bond donors (Lipinski definition) is 5. The number of aliphatic imine (C=N–C) groups is 1. The number of carbonyl (C=O) groups excluding carboxylic acids is 1. The maximum absolute atomic E-state index is 11.7. The summed E-state index contributed by atoms with van der Waals surface area (Å²) in [7, 11) is 0. The Hall–Kier alpha value is -2.68. The standard InChI is InChI=1S/C17H28N8O/c1-3-4-13(10(2)19)24-14-9-22-15(16(20)26)17(25-14)23-12(7-18)8-21-11-5-6-11/h7-11,13H,3-6,18-19H2,1-2H3,(H2,20,26)(H2,23,24,25)/t10-,13+/m0/s1. The van der Waals surface area contributed by atoms with Crippen LogP contribution < -0.4 is 27.8 Å². The van der Waals surface area contributed by atoms with E-state index in [4.69, 9.17) is 17.2 Å². The van der Waals surface area contributed by atoms with Gasteiger partial charge in [-0.1, -0.05) is 13.3 Å². The number of nitrogens with two attached hydrogens (primary N) is 3. The number of nitrogens with zero attached hydrogens (tertiary/aromatic N) is 3. The highest BCUT2D eigenvalue weighted by atomic mass is 16.1. The van der Waals surface area contributed by atoms with Gasteiger partial charge in [-0.15, -0.1) is 0 Å². The molecule has 1 heterocycles. The quantitative estimate of drug-likeness (QED) is 0.389. The number of hydrogen-bond acceptors (Lipinski definition) is 8.